The number of methoxy groups -OCH3 is 1. The first-order chi connectivity index (χ1) is 10.2. The molecular formula is C16H21FN2OS. The van der Waals surface area contributed by atoms with Crippen LogP contribution in [0.15, 0.2) is 35.7 Å². The molecule has 0 bridgehead atoms. The van der Waals surface area contributed by atoms with Gasteiger partial charge in [-0.15, -0.1) is 11.3 Å². The van der Waals surface area contributed by atoms with Crippen LogP contribution in [-0.4, -0.2) is 13.2 Å². The summed E-state index contributed by atoms with van der Waals surface area (Å²) < 4.78 is 19.1. The van der Waals surface area contributed by atoms with E-state index in [0.717, 1.165) is 19.3 Å². The molecular weight excluding hydrogens is 287 g/mol. The number of benzene rings is 1. The lowest BCUT2D eigenvalue weighted by Gasteiger charge is -2.16. The smallest absolute Gasteiger partial charge is 0.168 e. The first kappa shape index (κ1) is 15.9. The van der Waals surface area contributed by atoms with E-state index in [0.29, 0.717) is 12.0 Å². The number of nitrogens with two attached hydrogens (primary N) is 1. The molecule has 0 saturated carbocycles. The molecule has 21 heavy (non-hydrogen) atoms. The van der Waals surface area contributed by atoms with Crippen LogP contribution in [0.25, 0.3) is 0 Å². The fourth-order valence-corrected chi connectivity index (χ4v) is 3.11. The molecule has 0 aliphatic rings. The van der Waals surface area contributed by atoms with Gasteiger partial charge in [0.05, 0.1) is 7.11 Å². The highest BCUT2D eigenvalue weighted by molar-refractivity contribution is 7.09. The number of hydrogen-bond donors (Lipinski definition) is 2. The first-order valence-corrected chi connectivity index (χ1v) is 7.92. The van der Waals surface area contributed by atoms with E-state index < -0.39 is 0 Å². The summed E-state index contributed by atoms with van der Waals surface area (Å²) in [4.78, 5) is 1.37. The summed E-state index contributed by atoms with van der Waals surface area (Å²) in [6.45, 7) is 0. The van der Waals surface area contributed by atoms with E-state index in [1.165, 1.54) is 12.0 Å². The largest absolute Gasteiger partial charge is 0.494 e. The molecule has 5 heteroatoms. The number of hydrogen-bond acceptors (Lipinski definition) is 4. The van der Waals surface area contributed by atoms with Crippen molar-refractivity contribution in [3.63, 3.8) is 0 Å². The summed E-state index contributed by atoms with van der Waals surface area (Å²) in [5.74, 6) is 5.59. The average Bonchev–Trinajstić information content (AvgIpc) is 3.01. The molecule has 3 nitrogen and oxygen atoms in total. The third-order valence-corrected chi connectivity index (χ3v) is 4.46. The van der Waals surface area contributed by atoms with E-state index >= 15 is 0 Å². The van der Waals surface area contributed by atoms with Crippen LogP contribution in [0.5, 0.6) is 5.75 Å². The third kappa shape index (κ3) is 4.52. The molecule has 1 atom stereocenters. The highest BCUT2D eigenvalue weighted by Gasteiger charge is 2.14. The van der Waals surface area contributed by atoms with Crippen molar-refractivity contribution < 1.29 is 9.13 Å². The monoisotopic (exact) mass is 308 g/mol. The Morgan fingerprint density at radius 2 is 2.19 bits per heavy atom. The number of hydrazine groups is 1. The minimum atomic E-state index is -0.293. The summed E-state index contributed by atoms with van der Waals surface area (Å²) in [5.41, 5.74) is 3.42. The van der Waals surface area contributed by atoms with Crippen molar-refractivity contribution in [2.24, 2.45) is 5.84 Å². The van der Waals surface area contributed by atoms with Gasteiger partial charge < -0.3 is 4.74 Å². The van der Waals surface area contributed by atoms with E-state index in [9.17, 15) is 4.39 Å². The van der Waals surface area contributed by atoms with Gasteiger partial charge in [-0.05, 0) is 48.8 Å². The molecule has 0 saturated heterocycles. The van der Waals surface area contributed by atoms with Gasteiger partial charge in [-0.25, -0.2) is 4.39 Å². The summed E-state index contributed by atoms with van der Waals surface area (Å²) in [6, 6.07) is 9.46. The standard InChI is InChI=1S/C16H21FN2OS/c1-20-15-9-2-5-12(16(15)17)11-13(19-18)6-3-7-14-8-4-10-21-14/h2,4-5,8-10,13,19H,3,6-7,11,18H2,1H3. The maximum absolute atomic E-state index is 14.1. The van der Waals surface area contributed by atoms with Gasteiger partial charge in [0.2, 0.25) is 0 Å². The molecule has 1 aromatic heterocycles. The van der Waals surface area contributed by atoms with Gasteiger partial charge in [0.1, 0.15) is 0 Å². The van der Waals surface area contributed by atoms with Gasteiger partial charge in [-0.1, -0.05) is 18.2 Å². The number of thiophene rings is 1. The Morgan fingerprint density at radius 1 is 1.33 bits per heavy atom. The highest BCUT2D eigenvalue weighted by atomic mass is 32.1. The van der Waals surface area contributed by atoms with Crippen molar-refractivity contribution in [2.75, 3.05) is 7.11 Å². The fraction of sp³-hybridized carbons (Fsp3) is 0.375. The van der Waals surface area contributed by atoms with Crippen molar-refractivity contribution in [1.82, 2.24) is 5.43 Å². The maximum Gasteiger partial charge on any atom is 0.168 e. The predicted molar refractivity (Wildman–Crippen MR) is 85.0 cm³/mol. The molecule has 2 rings (SSSR count). The number of ether oxygens (including phenoxy) is 1. The first-order valence-electron chi connectivity index (χ1n) is 7.04. The third-order valence-electron chi connectivity index (χ3n) is 3.52. The molecule has 0 spiro atoms. The fourth-order valence-electron chi connectivity index (χ4n) is 2.36. The molecule has 114 valence electrons. The van der Waals surface area contributed by atoms with Crippen molar-refractivity contribution in [1.29, 1.82) is 0 Å². The lowest BCUT2D eigenvalue weighted by Crippen LogP contribution is -2.37. The van der Waals surface area contributed by atoms with Crippen molar-refractivity contribution in [3.8, 4) is 5.75 Å². The van der Waals surface area contributed by atoms with E-state index in [2.05, 4.69) is 22.9 Å². The minimum Gasteiger partial charge on any atom is -0.494 e. The summed E-state index contributed by atoms with van der Waals surface area (Å²) >= 11 is 1.77. The number of halogens is 1. The molecule has 0 aliphatic carbocycles. The Morgan fingerprint density at radius 3 is 2.86 bits per heavy atom. The van der Waals surface area contributed by atoms with Gasteiger partial charge in [0.15, 0.2) is 11.6 Å². The highest BCUT2D eigenvalue weighted by Crippen LogP contribution is 2.22. The summed E-state index contributed by atoms with van der Waals surface area (Å²) in [7, 11) is 1.47. The number of aryl methyl sites for hydroxylation is 1. The Bertz CT molecular complexity index is 545. The lowest BCUT2D eigenvalue weighted by atomic mass is 10.0. The number of rotatable bonds is 8. The van der Waals surface area contributed by atoms with Crippen LogP contribution < -0.4 is 16.0 Å². The van der Waals surface area contributed by atoms with Gasteiger partial charge in [-0.3, -0.25) is 11.3 Å². The minimum absolute atomic E-state index is 0.0616. The second kappa shape index (κ2) is 8.12. The van der Waals surface area contributed by atoms with Crippen LogP contribution in [0.3, 0.4) is 0 Å². The van der Waals surface area contributed by atoms with Gasteiger partial charge in [-0.2, -0.15) is 0 Å². The molecule has 0 aliphatic heterocycles. The average molecular weight is 308 g/mol. The molecule has 1 aromatic carbocycles. The zero-order valence-corrected chi connectivity index (χ0v) is 13.0. The SMILES string of the molecule is COc1cccc(CC(CCCc2cccs2)NN)c1F. The summed E-state index contributed by atoms with van der Waals surface area (Å²) in [5, 5.41) is 2.08. The maximum atomic E-state index is 14.1. The Balaban J connectivity index is 1.89. The summed E-state index contributed by atoms with van der Waals surface area (Å²) in [6.07, 6.45) is 3.53. The van der Waals surface area contributed by atoms with Crippen LogP contribution >= 0.6 is 11.3 Å². The van der Waals surface area contributed by atoms with Crippen LogP contribution in [0.2, 0.25) is 0 Å². The Hall–Kier alpha value is -1.43. The molecule has 3 N–H and O–H groups in total. The second-order valence-electron chi connectivity index (χ2n) is 4.97. The zero-order valence-electron chi connectivity index (χ0n) is 12.1. The normalized spacial score (nSPS) is 12.3. The van der Waals surface area contributed by atoms with Gasteiger partial charge >= 0.3 is 0 Å². The van der Waals surface area contributed by atoms with Crippen LogP contribution in [0.4, 0.5) is 4.39 Å². The van der Waals surface area contributed by atoms with E-state index in [1.807, 2.05) is 0 Å². The molecule has 0 radical (unpaired) electrons. The van der Waals surface area contributed by atoms with Crippen LogP contribution in [0, 0.1) is 5.82 Å². The zero-order chi connectivity index (χ0) is 15.1. The molecule has 1 heterocycles. The molecule has 0 amide bonds. The molecule has 0 fully saturated rings. The second-order valence-corrected chi connectivity index (χ2v) is 6.00. The molecule has 2 aromatic rings. The molecule has 1 unspecified atom stereocenters. The number of nitrogens with one attached hydrogen (secondary N) is 1. The van der Waals surface area contributed by atoms with Gasteiger partial charge in [0, 0.05) is 10.9 Å². The van der Waals surface area contributed by atoms with Crippen molar-refractivity contribution in [3.05, 3.63) is 52.0 Å². The quantitative estimate of drug-likeness (QED) is 0.581. The lowest BCUT2D eigenvalue weighted by molar-refractivity contribution is 0.381. The van der Waals surface area contributed by atoms with Crippen molar-refractivity contribution >= 4 is 11.3 Å². The Kier molecular flexibility index (Phi) is 6.17. The van der Waals surface area contributed by atoms with Crippen LogP contribution in [-0.2, 0) is 12.8 Å². The van der Waals surface area contributed by atoms with Gasteiger partial charge in [0.25, 0.3) is 0 Å². The Labute approximate surface area is 128 Å². The predicted octanol–water partition coefficient (Wildman–Crippen LogP) is 3.29. The van der Waals surface area contributed by atoms with Crippen LogP contribution in [0.1, 0.15) is 23.3 Å². The van der Waals surface area contributed by atoms with Crippen molar-refractivity contribution in [2.45, 2.75) is 31.7 Å². The van der Waals surface area contributed by atoms with E-state index in [4.69, 9.17) is 10.6 Å². The van der Waals surface area contributed by atoms with E-state index in [1.54, 1.807) is 29.5 Å². The topological polar surface area (TPSA) is 47.3 Å². The van der Waals surface area contributed by atoms with E-state index in [-0.39, 0.29) is 17.6 Å².